The number of nitrogens with zero attached hydrogens (tertiary/aromatic N) is 2. The molecule has 3 heteroatoms. The lowest BCUT2D eigenvalue weighted by Crippen LogP contribution is -1.96. The highest BCUT2D eigenvalue weighted by atomic mass is 15.0. The predicted octanol–water partition coefficient (Wildman–Crippen LogP) is 7.08. The van der Waals surface area contributed by atoms with Crippen LogP contribution < -0.4 is 5.32 Å². The maximum Gasteiger partial charge on any atom is 0.0936 e. The van der Waals surface area contributed by atoms with Crippen molar-refractivity contribution in [2.24, 2.45) is 0 Å². The number of benzene rings is 4. The van der Waals surface area contributed by atoms with Crippen LogP contribution in [0.5, 0.6) is 0 Å². The van der Waals surface area contributed by atoms with E-state index >= 15 is 0 Å². The van der Waals surface area contributed by atoms with Gasteiger partial charge in [0.15, 0.2) is 0 Å². The van der Waals surface area contributed by atoms with Gasteiger partial charge in [0.1, 0.15) is 0 Å². The maximum absolute atomic E-state index is 4.54. The molecule has 0 bridgehead atoms. The van der Waals surface area contributed by atoms with Crippen LogP contribution in [0.4, 0.5) is 11.4 Å². The summed E-state index contributed by atoms with van der Waals surface area (Å²) in [5.41, 5.74) is 6.62. The number of para-hydroxylation sites is 3. The van der Waals surface area contributed by atoms with E-state index < -0.39 is 0 Å². The van der Waals surface area contributed by atoms with Gasteiger partial charge in [-0.3, -0.25) is 4.98 Å². The van der Waals surface area contributed by atoms with Crippen LogP contribution in [0.3, 0.4) is 0 Å². The first-order valence-corrected chi connectivity index (χ1v) is 10.1. The van der Waals surface area contributed by atoms with Crippen molar-refractivity contribution in [1.29, 1.82) is 0 Å². The molecule has 6 rings (SSSR count). The molecule has 2 heterocycles. The summed E-state index contributed by atoms with van der Waals surface area (Å²) in [5, 5.41) is 7.20. The van der Waals surface area contributed by atoms with E-state index in [2.05, 4.69) is 112 Å². The van der Waals surface area contributed by atoms with Crippen molar-refractivity contribution in [2.75, 3.05) is 5.32 Å². The van der Waals surface area contributed by atoms with Crippen LogP contribution in [0.1, 0.15) is 0 Å². The molecule has 0 amide bonds. The number of anilines is 2. The molecule has 0 fully saturated rings. The van der Waals surface area contributed by atoms with Gasteiger partial charge in [0, 0.05) is 33.7 Å². The van der Waals surface area contributed by atoms with Crippen molar-refractivity contribution in [2.45, 2.75) is 0 Å². The summed E-state index contributed by atoms with van der Waals surface area (Å²) in [6.45, 7) is 0. The summed E-state index contributed by atoms with van der Waals surface area (Å²) in [6, 6.07) is 36.0. The number of nitrogens with one attached hydrogen (secondary N) is 1. The van der Waals surface area contributed by atoms with E-state index in [0.717, 1.165) is 28.0 Å². The van der Waals surface area contributed by atoms with Gasteiger partial charge < -0.3 is 9.88 Å². The summed E-state index contributed by atoms with van der Waals surface area (Å²) in [5.74, 6) is 0. The van der Waals surface area contributed by atoms with E-state index in [4.69, 9.17) is 0 Å². The Morgan fingerprint density at radius 1 is 0.600 bits per heavy atom. The van der Waals surface area contributed by atoms with Crippen molar-refractivity contribution in [1.82, 2.24) is 9.55 Å². The van der Waals surface area contributed by atoms with Crippen LogP contribution in [-0.2, 0) is 0 Å². The summed E-state index contributed by atoms with van der Waals surface area (Å²) >= 11 is 0. The second-order valence-electron chi connectivity index (χ2n) is 7.42. The van der Waals surface area contributed by atoms with Crippen molar-refractivity contribution < 1.29 is 0 Å². The van der Waals surface area contributed by atoms with Crippen LogP contribution in [0.2, 0.25) is 0 Å². The standard InChI is InChI=1S/C27H19N3/c1-3-12-25-22(9-1)23-10-2-4-13-26(23)30(25)21-16-14-20(15-17-21)29-24-11-5-7-19-8-6-18-28-27(19)24/h1-18,29H. The Balaban J connectivity index is 1.43. The van der Waals surface area contributed by atoms with E-state index in [0.29, 0.717) is 0 Å². The first-order valence-electron chi connectivity index (χ1n) is 10.1. The zero-order valence-electron chi connectivity index (χ0n) is 16.3. The smallest absolute Gasteiger partial charge is 0.0936 e. The van der Waals surface area contributed by atoms with E-state index in [-0.39, 0.29) is 0 Å². The van der Waals surface area contributed by atoms with Gasteiger partial charge >= 0.3 is 0 Å². The van der Waals surface area contributed by atoms with Crippen LogP contribution in [0.15, 0.2) is 109 Å². The van der Waals surface area contributed by atoms with Gasteiger partial charge in [-0.05, 0) is 48.5 Å². The third-order valence-electron chi connectivity index (χ3n) is 5.62. The molecular formula is C27H19N3. The van der Waals surface area contributed by atoms with Crippen molar-refractivity contribution in [3.63, 3.8) is 0 Å². The average Bonchev–Trinajstić information content (AvgIpc) is 3.15. The minimum absolute atomic E-state index is 0.978. The molecule has 30 heavy (non-hydrogen) atoms. The molecule has 0 unspecified atom stereocenters. The molecule has 4 aromatic carbocycles. The van der Waals surface area contributed by atoms with Gasteiger partial charge in [0.25, 0.3) is 0 Å². The van der Waals surface area contributed by atoms with Gasteiger partial charge in [-0.1, -0.05) is 54.6 Å². The highest BCUT2D eigenvalue weighted by Gasteiger charge is 2.11. The highest BCUT2D eigenvalue weighted by molar-refractivity contribution is 6.09. The molecule has 0 radical (unpaired) electrons. The van der Waals surface area contributed by atoms with Gasteiger partial charge in [0.2, 0.25) is 0 Å². The molecule has 2 aromatic heterocycles. The predicted molar refractivity (Wildman–Crippen MR) is 126 cm³/mol. The van der Waals surface area contributed by atoms with Crippen LogP contribution >= 0.6 is 0 Å². The molecule has 0 aliphatic heterocycles. The first-order chi connectivity index (χ1) is 14.9. The summed E-state index contributed by atoms with van der Waals surface area (Å²) < 4.78 is 2.33. The number of rotatable bonds is 3. The first kappa shape index (κ1) is 16.8. The summed E-state index contributed by atoms with van der Waals surface area (Å²) in [7, 11) is 0. The molecule has 1 N–H and O–H groups in total. The van der Waals surface area contributed by atoms with Gasteiger partial charge in [-0.15, -0.1) is 0 Å². The number of hydrogen-bond donors (Lipinski definition) is 1. The highest BCUT2D eigenvalue weighted by Crippen LogP contribution is 2.32. The molecule has 3 nitrogen and oxygen atoms in total. The largest absolute Gasteiger partial charge is 0.354 e. The Bertz CT molecular complexity index is 1450. The number of hydrogen-bond acceptors (Lipinski definition) is 2. The molecule has 0 atom stereocenters. The molecule has 0 saturated carbocycles. The quantitative estimate of drug-likeness (QED) is 0.353. The Morgan fingerprint density at radius 3 is 2.00 bits per heavy atom. The van der Waals surface area contributed by atoms with E-state index in [1.54, 1.807) is 0 Å². The van der Waals surface area contributed by atoms with Gasteiger partial charge in [-0.25, -0.2) is 0 Å². The lowest BCUT2D eigenvalue weighted by atomic mass is 10.2. The molecule has 6 aromatic rings. The maximum atomic E-state index is 4.54. The molecular weight excluding hydrogens is 366 g/mol. The SMILES string of the molecule is c1cnc2c(Nc3ccc(-n4c5ccccc5c5ccccc54)cc3)cccc2c1. The third-order valence-corrected chi connectivity index (χ3v) is 5.62. The number of fused-ring (bicyclic) bond motifs is 4. The van der Waals surface area contributed by atoms with Crippen molar-refractivity contribution >= 4 is 44.1 Å². The zero-order valence-corrected chi connectivity index (χ0v) is 16.3. The lowest BCUT2D eigenvalue weighted by Gasteiger charge is -2.11. The average molecular weight is 385 g/mol. The molecule has 0 spiro atoms. The number of aromatic nitrogens is 2. The Labute approximate surface area is 174 Å². The topological polar surface area (TPSA) is 29.9 Å². The zero-order chi connectivity index (χ0) is 19.9. The van der Waals surface area contributed by atoms with Gasteiger partial charge in [0.05, 0.1) is 22.2 Å². The molecule has 0 aliphatic rings. The lowest BCUT2D eigenvalue weighted by molar-refractivity contribution is 1.18. The molecule has 0 saturated heterocycles. The number of pyridine rings is 1. The van der Waals surface area contributed by atoms with Crippen LogP contribution in [-0.4, -0.2) is 9.55 Å². The molecule has 0 aliphatic carbocycles. The normalized spacial score (nSPS) is 11.3. The van der Waals surface area contributed by atoms with Gasteiger partial charge in [-0.2, -0.15) is 0 Å². The van der Waals surface area contributed by atoms with E-state index in [1.807, 2.05) is 12.3 Å². The van der Waals surface area contributed by atoms with Crippen LogP contribution in [0.25, 0.3) is 38.4 Å². The van der Waals surface area contributed by atoms with E-state index in [1.165, 1.54) is 21.8 Å². The Kier molecular flexibility index (Phi) is 3.78. The fraction of sp³-hybridized carbons (Fsp3) is 0. The second-order valence-corrected chi connectivity index (χ2v) is 7.42. The van der Waals surface area contributed by atoms with Crippen LogP contribution in [0, 0.1) is 0 Å². The van der Waals surface area contributed by atoms with Crippen molar-refractivity contribution in [3.05, 3.63) is 109 Å². The van der Waals surface area contributed by atoms with E-state index in [9.17, 15) is 0 Å². The minimum Gasteiger partial charge on any atom is -0.354 e. The fourth-order valence-electron chi connectivity index (χ4n) is 4.26. The Hall–Kier alpha value is -4.11. The third kappa shape index (κ3) is 2.64. The summed E-state index contributed by atoms with van der Waals surface area (Å²) in [4.78, 5) is 4.54. The fourth-order valence-corrected chi connectivity index (χ4v) is 4.26. The summed E-state index contributed by atoms with van der Waals surface area (Å²) in [6.07, 6.45) is 1.83. The van der Waals surface area contributed by atoms with Crippen molar-refractivity contribution in [3.8, 4) is 5.69 Å². The monoisotopic (exact) mass is 385 g/mol. The second kappa shape index (κ2) is 6.75. The Morgan fingerprint density at radius 2 is 1.27 bits per heavy atom. The molecule has 142 valence electrons. The minimum atomic E-state index is 0.978.